The Morgan fingerprint density at radius 3 is 2.61 bits per heavy atom. The molecule has 1 aliphatic rings. The third-order valence-electron chi connectivity index (χ3n) is 3.58. The SMILES string of the molecule is CC1CNCC1C(=O)N[C@H](C)c1ccc(Br)cc1. The molecule has 1 saturated heterocycles. The number of amides is 1. The van der Waals surface area contributed by atoms with Crippen LogP contribution in [0.2, 0.25) is 0 Å². The van der Waals surface area contributed by atoms with Crippen LogP contribution in [0.5, 0.6) is 0 Å². The van der Waals surface area contributed by atoms with Crippen LogP contribution in [0.1, 0.15) is 25.5 Å². The number of halogens is 1. The van der Waals surface area contributed by atoms with Crippen molar-refractivity contribution in [2.75, 3.05) is 13.1 Å². The van der Waals surface area contributed by atoms with Gasteiger partial charge in [-0.25, -0.2) is 0 Å². The third kappa shape index (κ3) is 3.12. The summed E-state index contributed by atoms with van der Waals surface area (Å²) in [6.45, 7) is 5.87. The van der Waals surface area contributed by atoms with Gasteiger partial charge in [0.25, 0.3) is 0 Å². The fourth-order valence-electron chi connectivity index (χ4n) is 2.32. The molecule has 0 aliphatic carbocycles. The van der Waals surface area contributed by atoms with E-state index >= 15 is 0 Å². The summed E-state index contributed by atoms with van der Waals surface area (Å²) >= 11 is 3.41. The summed E-state index contributed by atoms with van der Waals surface area (Å²) in [6.07, 6.45) is 0. The number of carbonyl (C=O) groups is 1. The van der Waals surface area contributed by atoms with E-state index in [-0.39, 0.29) is 17.9 Å². The minimum Gasteiger partial charge on any atom is -0.349 e. The summed E-state index contributed by atoms with van der Waals surface area (Å²) in [4.78, 5) is 12.1. The van der Waals surface area contributed by atoms with Crippen LogP contribution >= 0.6 is 15.9 Å². The molecule has 0 saturated carbocycles. The van der Waals surface area contributed by atoms with Crippen LogP contribution in [0.4, 0.5) is 0 Å². The third-order valence-corrected chi connectivity index (χ3v) is 4.11. The van der Waals surface area contributed by atoms with Gasteiger partial charge in [-0.2, -0.15) is 0 Å². The fraction of sp³-hybridized carbons (Fsp3) is 0.500. The lowest BCUT2D eigenvalue weighted by Gasteiger charge is -2.19. The second-order valence-electron chi connectivity index (χ2n) is 5.02. The zero-order valence-electron chi connectivity index (χ0n) is 10.7. The Balaban J connectivity index is 1.96. The minimum atomic E-state index is 0.0541. The highest BCUT2D eigenvalue weighted by Crippen LogP contribution is 2.20. The second-order valence-corrected chi connectivity index (χ2v) is 5.94. The molecule has 1 amide bonds. The lowest BCUT2D eigenvalue weighted by molar-refractivity contribution is -0.126. The second kappa shape index (κ2) is 5.85. The number of rotatable bonds is 3. The lowest BCUT2D eigenvalue weighted by Crippen LogP contribution is -2.35. The molecule has 18 heavy (non-hydrogen) atoms. The molecule has 2 unspecified atom stereocenters. The van der Waals surface area contributed by atoms with Crippen LogP contribution in [0.25, 0.3) is 0 Å². The Morgan fingerprint density at radius 2 is 2.06 bits per heavy atom. The van der Waals surface area contributed by atoms with Crippen LogP contribution in [-0.2, 0) is 4.79 Å². The first-order valence-electron chi connectivity index (χ1n) is 6.34. The van der Waals surface area contributed by atoms with Gasteiger partial charge < -0.3 is 10.6 Å². The van der Waals surface area contributed by atoms with Crippen LogP contribution in [0.3, 0.4) is 0 Å². The summed E-state index contributed by atoms with van der Waals surface area (Å²) in [7, 11) is 0. The molecule has 0 radical (unpaired) electrons. The molecular formula is C14H19BrN2O. The summed E-state index contributed by atoms with van der Waals surface area (Å²) < 4.78 is 1.05. The average molecular weight is 311 g/mol. The van der Waals surface area contributed by atoms with Crippen LogP contribution < -0.4 is 10.6 Å². The first-order valence-corrected chi connectivity index (χ1v) is 7.14. The van der Waals surface area contributed by atoms with E-state index in [2.05, 4.69) is 33.5 Å². The zero-order chi connectivity index (χ0) is 13.1. The molecule has 1 aromatic rings. The monoisotopic (exact) mass is 310 g/mol. The number of hydrogen-bond donors (Lipinski definition) is 2. The van der Waals surface area contributed by atoms with Crippen LogP contribution in [0.15, 0.2) is 28.7 Å². The molecule has 2 N–H and O–H groups in total. The van der Waals surface area contributed by atoms with Gasteiger partial charge in [-0.15, -0.1) is 0 Å². The zero-order valence-corrected chi connectivity index (χ0v) is 12.3. The number of nitrogens with one attached hydrogen (secondary N) is 2. The van der Waals surface area contributed by atoms with Gasteiger partial charge in [0, 0.05) is 11.0 Å². The van der Waals surface area contributed by atoms with Crippen molar-refractivity contribution < 1.29 is 4.79 Å². The smallest absolute Gasteiger partial charge is 0.225 e. The van der Waals surface area contributed by atoms with Crippen molar-refractivity contribution in [2.45, 2.75) is 19.9 Å². The predicted molar refractivity (Wildman–Crippen MR) is 76.2 cm³/mol. The maximum atomic E-state index is 12.1. The van der Waals surface area contributed by atoms with Gasteiger partial charge in [-0.1, -0.05) is 35.0 Å². The minimum absolute atomic E-state index is 0.0541. The predicted octanol–water partition coefficient (Wildman–Crippen LogP) is 2.48. The summed E-state index contributed by atoms with van der Waals surface area (Å²) in [6, 6.07) is 8.12. The Bertz CT molecular complexity index is 418. The van der Waals surface area contributed by atoms with Crippen molar-refractivity contribution in [1.82, 2.24) is 10.6 Å². The Morgan fingerprint density at radius 1 is 1.39 bits per heavy atom. The van der Waals surface area contributed by atoms with Gasteiger partial charge >= 0.3 is 0 Å². The molecule has 0 spiro atoms. The maximum Gasteiger partial charge on any atom is 0.225 e. The summed E-state index contributed by atoms with van der Waals surface area (Å²) in [5, 5.41) is 6.35. The molecule has 4 heteroatoms. The molecular weight excluding hydrogens is 292 g/mol. The van der Waals surface area contributed by atoms with E-state index in [4.69, 9.17) is 0 Å². The average Bonchev–Trinajstić information content (AvgIpc) is 2.76. The molecule has 2 rings (SSSR count). The van der Waals surface area contributed by atoms with Gasteiger partial charge in [0.05, 0.1) is 12.0 Å². The maximum absolute atomic E-state index is 12.1. The van der Waals surface area contributed by atoms with Gasteiger partial charge in [-0.3, -0.25) is 4.79 Å². The van der Waals surface area contributed by atoms with Crippen LogP contribution in [0, 0.1) is 11.8 Å². The van der Waals surface area contributed by atoms with Crippen molar-refractivity contribution in [3.8, 4) is 0 Å². The highest BCUT2D eigenvalue weighted by molar-refractivity contribution is 9.10. The van der Waals surface area contributed by atoms with Crippen molar-refractivity contribution in [2.24, 2.45) is 11.8 Å². The Hall–Kier alpha value is -0.870. The molecule has 0 aromatic heterocycles. The highest BCUT2D eigenvalue weighted by atomic mass is 79.9. The normalized spacial score (nSPS) is 24.8. The summed E-state index contributed by atoms with van der Waals surface area (Å²) in [5.74, 6) is 0.674. The highest BCUT2D eigenvalue weighted by Gasteiger charge is 2.30. The first-order chi connectivity index (χ1) is 8.58. The molecule has 1 aromatic carbocycles. The van der Waals surface area contributed by atoms with Gasteiger partial charge in [-0.05, 0) is 37.1 Å². The number of carbonyl (C=O) groups excluding carboxylic acids is 1. The lowest BCUT2D eigenvalue weighted by atomic mass is 9.96. The van der Waals surface area contributed by atoms with Crippen LogP contribution in [-0.4, -0.2) is 19.0 Å². The van der Waals surface area contributed by atoms with Crippen molar-refractivity contribution in [3.63, 3.8) is 0 Å². The van der Waals surface area contributed by atoms with Crippen molar-refractivity contribution in [3.05, 3.63) is 34.3 Å². The molecule has 1 fully saturated rings. The molecule has 3 nitrogen and oxygen atoms in total. The quantitative estimate of drug-likeness (QED) is 0.900. The van der Waals surface area contributed by atoms with E-state index in [1.54, 1.807) is 0 Å². The van der Waals surface area contributed by atoms with E-state index in [1.807, 2.05) is 31.2 Å². The molecule has 1 aliphatic heterocycles. The molecule has 0 bridgehead atoms. The fourth-order valence-corrected chi connectivity index (χ4v) is 2.58. The van der Waals surface area contributed by atoms with Crippen molar-refractivity contribution >= 4 is 21.8 Å². The van der Waals surface area contributed by atoms with E-state index in [0.29, 0.717) is 5.92 Å². The topological polar surface area (TPSA) is 41.1 Å². The van der Waals surface area contributed by atoms with E-state index in [9.17, 15) is 4.79 Å². The number of benzene rings is 1. The van der Waals surface area contributed by atoms with Gasteiger partial charge in [0.1, 0.15) is 0 Å². The van der Waals surface area contributed by atoms with E-state index in [0.717, 1.165) is 23.1 Å². The molecule has 98 valence electrons. The first kappa shape index (κ1) is 13.6. The Labute approximate surface area is 116 Å². The van der Waals surface area contributed by atoms with E-state index < -0.39 is 0 Å². The summed E-state index contributed by atoms with van der Waals surface area (Å²) in [5.41, 5.74) is 1.13. The Kier molecular flexibility index (Phi) is 4.40. The largest absolute Gasteiger partial charge is 0.349 e. The van der Waals surface area contributed by atoms with Gasteiger partial charge in [0.15, 0.2) is 0 Å². The molecule has 1 heterocycles. The van der Waals surface area contributed by atoms with Gasteiger partial charge in [0.2, 0.25) is 5.91 Å². The van der Waals surface area contributed by atoms with Crippen molar-refractivity contribution in [1.29, 1.82) is 0 Å². The van der Waals surface area contributed by atoms with E-state index in [1.165, 1.54) is 0 Å². The standard InChI is InChI=1S/C14H19BrN2O/c1-9-7-16-8-13(9)14(18)17-10(2)11-3-5-12(15)6-4-11/h3-6,9-10,13,16H,7-8H2,1-2H3,(H,17,18)/t9?,10-,13?/m1/s1. The molecule has 3 atom stereocenters. The number of hydrogen-bond acceptors (Lipinski definition) is 2.